The van der Waals surface area contributed by atoms with Crippen LogP contribution in [0.3, 0.4) is 0 Å². The second-order valence-electron chi connectivity index (χ2n) is 5.06. The maximum atomic E-state index is 11.9. The number of carbonyl (C=O) groups is 2. The topological polar surface area (TPSA) is 43.4 Å². The van der Waals surface area contributed by atoms with Gasteiger partial charge in [0.25, 0.3) is 0 Å². The van der Waals surface area contributed by atoms with Crippen LogP contribution in [0.15, 0.2) is 0 Å². The van der Waals surface area contributed by atoms with Gasteiger partial charge in [0.05, 0.1) is 7.11 Å². The summed E-state index contributed by atoms with van der Waals surface area (Å²) >= 11 is 0. The fourth-order valence-corrected chi connectivity index (χ4v) is 2.33. The van der Waals surface area contributed by atoms with Gasteiger partial charge in [0.2, 0.25) is 0 Å². The summed E-state index contributed by atoms with van der Waals surface area (Å²) < 4.78 is 4.57. The first-order valence-corrected chi connectivity index (χ1v) is 7.12. The first-order chi connectivity index (χ1) is 8.53. The van der Waals surface area contributed by atoms with E-state index in [1.165, 1.54) is 7.11 Å². The Morgan fingerprint density at radius 2 is 1.44 bits per heavy atom. The molecule has 106 valence electrons. The minimum absolute atomic E-state index is 0.188. The summed E-state index contributed by atoms with van der Waals surface area (Å²) in [5.74, 6) is 0.151. The van der Waals surface area contributed by atoms with E-state index < -0.39 is 0 Å². The minimum Gasteiger partial charge on any atom is -0.469 e. The van der Waals surface area contributed by atoms with Gasteiger partial charge in [-0.3, -0.25) is 9.59 Å². The molecule has 0 unspecified atom stereocenters. The van der Waals surface area contributed by atoms with E-state index in [-0.39, 0.29) is 11.4 Å². The lowest BCUT2D eigenvalue weighted by molar-refractivity contribution is -0.140. The predicted octanol–water partition coefficient (Wildman–Crippen LogP) is 3.90. The van der Waals surface area contributed by atoms with Crippen LogP contribution in [0, 0.1) is 5.41 Å². The molecule has 0 rings (SSSR count). The molecule has 0 aliphatic heterocycles. The van der Waals surface area contributed by atoms with Crippen molar-refractivity contribution in [1.82, 2.24) is 0 Å². The number of Topliss-reactive ketones (excluding diaryl/α,β-unsaturated/α-hetero) is 1. The van der Waals surface area contributed by atoms with Crippen molar-refractivity contribution in [2.45, 2.75) is 72.1 Å². The van der Waals surface area contributed by atoms with Crippen LogP contribution in [0.25, 0.3) is 0 Å². The SMILES string of the molecule is CCC(CC)(CC)CC(=O)CCCCC(=O)OC. The van der Waals surface area contributed by atoms with Crippen LogP contribution in [-0.4, -0.2) is 18.9 Å². The summed E-state index contributed by atoms with van der Waals surface area (Å²) in [5, 5.41) is 0. The van der Waals surface area contributed by atoms with Crippen LogP contribution in [0.1, 0.15) is 72.1 Å². The highest BCUT2D eigenvalue weighted by Gasteiger charge is 2.26. The first kappa shape index (κ1) is 17.1. The van der Waals surface area contributed by atoms with Crippen molar-refractivity contribution < 1.29 is 14.3 Å². The number of carbonyl (C=O) groups excluding carboxylic acids is 2. The van der Waals surface area contributed by atoms with E-state index in [9.17, 15) is 9.59 Å². The molecule has 0 aromatic rings. The van der Waals surface area contributed by atoms with Gasteiger partial charge >= 0.3 is 5.97 Å². The number of hydrogen-bond acceptors (Lipinski definition) is 3. The molecule has 0 amide bonds. The molecule has 3 nitrogen and oxygen atoms in total. The Morgan fingerprint density at radius 1 is 0.944 bits per heavy atom. The van der Waals surface area contributed by atoms with Gasteiger partial charge in [-0.15, -0.1) is 0 Å². The summed E-state index contributed by atoms with van der Waals surface area (Å²) in [5.41, 5.74) is 0.194. The quantitative estimate of drug-likeness (QED) is 0.440. The number of rotatable bonds is 10. The highest BCUT2D eigenvalue weighted by molar-refractivity contribution is 5.79. The largest absolute Gasteiger partial charge is 0.469 e. The molecule has 0 fully saturated rings. The number of methoxy groups -OCH3 is 1. The third-order valence-electron chi connectivity index (χ3n) is 4.14. The molecule has 0 saturated carbocycles. The summed E-state index contributed by atoms with van der Waals surface area (Å²) in [6.45, 7) is 6.49. The molecular formula is C15H28O3. The molecule has 0 radical (unpaired) electrons. The van der Waals surface area contributed by atoms with Crippen LogP contribution >= 0.6 is 0 Å². The van der Waals surface area contributed by atoms with E-state index in [0.29, 0.717) is 25.0 Å². The predicted molar refractivity (Wildman–Crippen MR) is 73.4 cm³/mol. The molecule has 0 heterocycles. The van der Waals surface area contributed by atoms with Gasteiger partial charge in [-0.2, -0.15) is 0 Å². The Labute approximate surface area is 111 Å². The number of esters is 1. The fraction of sp³-hybridized carbons (Fsp3) is 0.867. The summed E-state index contributed by atoms with van der Waals surface area (Å²) in [6.07, 6.45) is 6.43. The van der Waals surface area contributed by atoms with Gasteiger partial charge in [0.1, 0.15) is 5.78 Å². The molecule has 0 bridgehead atoms. The average Bonchev–Trinajstić information content (AvgIpc) is 2.40. The van der Waals surface area contributed by atoms with Crippen molar-refractivity contribution >= 4 is 11.8 Å². The van der Waals surface area contributed by atoms with E-state index in [4.69, 9.17) is 0 Å². The molecule has 3 heteroatoms. The fourth-order valence-electron chi connectivity index (χ4n) is 2.33. The molecule has 0 aromatic heterocycles. The van der Waals surface area contributed by atoms with Gasteiger partial charge < -0.3 is 4.74 Å². The smallest absolute Gasteiger partial charge is 0.305 e. The molecule has 0 atom stereocenters. The standard InChI is InChI=1S/C15H28O3/c1-5-15(6-2,7-3)12-13(16)10-8-9-11-14(17)18-4/h5-12H2,1-4H3. The normalized spacial score (nSPS) is 11.3. The van der Waals surface area contributed by atoms with Crippen molar-refractivity contribution in [2.24, 2.45) is 5.41 Å². The van der Waals surface area contributed by atoms with Crippen molar-refractivity contribution in [3.05, 3.63) is 0 Å². The molecular weight excluding hydrogens is 228 g/mol. The lowest BCUT2D eigenvalue weighted by Gasteiger charge is -2.29. The van der Waals surface area contributed by atoms with Crippen LogP contribution in [0.5, 0.6) is 0 Å². The Morgan fingerprint density at radius 3 is 1.89 bits per heavy atom. The van der Waals surface area contributed by atoms with Crippen molar-refractivity contribution in [1.29, 1.82) is 0 Å². The molecule has 18 heavy (non-hydrogen) atoms. The van der Waals surface area contributed by atoms with Crippen LogP contribution in [0.2, 0.25) is 0 Å². The lowest BCUT2D eigenvalue weighted by Crippen LogP contribution is -2.22. The van der Waals surface area contributed by atoms with E-state index in [2.05, 4.69) is 25.5 Å². The van der Waals surface area contributed by atoms with E-state index >= 15 is 0 Å². The van der Waals surface area contributed by atoms with Crippen molar-refractivity contribution in [3.8, 4) is 0 Å². The monoisotopic (exact) mass is 256 g/mol. The zero-order valence-corrected chi connectivity index (χ0v) is 12.4. The van der Waals surface area contributed by atoms with E-state index in [0.717, 1.165) is 32.1 Å². The molecule has 0 aliphatic rings. The lowest BCUT2D eigenvalue weighted by atomic mass is 9.75. The molecule has 0 aliphatic carbocycles. The van der Waals surface area contributed by atoms with Gasteiger partial charge in [-0.05, 0) is 18.3 Å². The summed E-state index contributed by atoms with van der Waals surface area (Å²) in [7, 11) is 1.39. The Balaban J connectivity index is 3.93. The van der Waals surface area contributed by atoms with E-state index in [1.54, 1.807) is 0 Å². The molecule has 0 N–H and O–H groups in total. The maximum absolute atomic E-state index is 11.9. The van der Waals surface area contributed by atoms with Crippen molar-refractivity contribution in [3.63, 3.8) is 0 Å². The van der Waals surface area contributed by atoms with Gasteiger partial charge in [0, 0.05) is 19.3 Å². The molecule has 0 saturated heterocycles. The van der Waals surface area contributed by atoms with Crippen LogP contribution < -0.4 is 0 Å². The third-order valence-corrected chi connectivity index (χ3v) is 4.14. The maximum Gasteiger partial charge on any atom is 0.305 e. The first-order valence-electron chi connectivity index (χ1n) is 7.12. The van der Waals surface area contributed by atoms with Crippen molar-refractivity contribution in [2.75, 3.05) is 7.11 Å². The number of ketones is 1. The zero-order chi connectivity index (χ0) is 14.0. The van der Waals surface area contributed by atoms with Crippen LogP contribution in [-0.2, 0) is 14.3 Å². The summed E-state index contributed by atoms with van der Waals surface area (Å²) in [6, 6.07) is 0. The zero-order valence-electron chi connectivity index (χ0n) is 12.4. The Kier molecular flexibility index (Phi) is 8.69. The number of ether oxygens (including phenoxy) is 1. The second-order valence-corrected chi connectivity index (χ2v) is 5.06. The Bertz CT molecular complexity index is 246. The van der Waals surface area contributed by atoms with Gasteiger partial charge in [-0.25, -0.2) is 0 Å². The average molecular weight is 256 g/mol. The molecule has 0 aromatic carbocycles. The summed E-state index contributed by atoms with van der Waals surface area (Å²) in [4.78, 5) is 22.9. The van der Waals surface area contributed by atoms with Crippen LogP contribution in [0.4, 0.5) is 0 Å². The highest BCUT2D eigenvalue weighted by atomic mass is 16.5. The van der Waals surface area contributed by atoms with E-state index in [1.807, 2.05) is 0 Å². The Hall–Kier alpha value is -0.860. The highest BCUT2D eigenvalue weighted by Crippen LogP contribution is 2.34. The number of hydrogen-bond donors (Lipinski definition) is 0. The second kappa shape index (κ2) is 9.12. The van der Waals surface area contributed by atoms with Gasteiger partial charge in [-0.1, -0.05) is 40.0 Å². The minimum atomic E-state index is -0.188. The number of unbranched alkanes of at least 4 members (excludes halogenated alkanes) is 1. The molecule has 0 spiro atoms. The third kappa shape index (κ3) is 6.18. The van der Waals surface area contributed by atoms with Gasteiger partial charge in [0.15, 0.2) is 0 Å².